The van der Waals surface area contributed by atoms with Crippen molar-refractivity contribution in [2.45, 2.75) is 50.5 Å². The number of hydrogen-bond donors (Lipinski definition) is 0. The molecule has 2 fully saturated rings. The average Bonchev–Trinajstić information content (AvgIpc) is 3.27. The maximum absolute atomic E-state index is 5.60. The normalized spacial score (nSPS) is 18.1. The first-order valence-electron chi connectivity index (χ1n) is 12.4. The standard InChI is InChI=1S/C27H35N3O2S/c1-2-21-3-5-25(6-4-21)30(20-23-11-15-32-16-12-23)33-26-7-8-27-24(17-26)18-28-29(27)19-22-9-13-31-14-10-22/h3-8,17-18,22-23H,2,9-16,19-20H2,1H3. The van der Waals surface area contributed by atoms with Gasteiger partial charge in [-0.1, -0.05) is 19.1 Å². The molecule has 3 aromatic rings. The van der Waals surface area contributed by atoms with Gasteiger partial charge in [-0.05, 0) is 91.8 Å². The molecule has 33 heavy (non-hydrogen) atoms. The molecule has 6 heteroatoms. The first-order chi connectivity index (χ1) is 16.3. The number of hydrogen-bond acceptors (Lipinski definition) is 5. The van der Waals surface area contributed by atoms with Crippen LogP contribution in [0.5, 0.6) is 0 Å². The molecule has 3 heterocycles. The fourth-order valence-electron chi connectivity index (χ4n) is 4.83. The summed E-state index contributed by atoms with van der Waals surface area (Å²) in [6.07, 6.45) is 7.64. The van der Waals surface area contributed by atoms with Crippen molar-refractivity contribution in [3.63, 3.8) is 0 Å². The van der Waals surface area contributed by atoms with Crippen molar-refractivity contribution in [2.75, 3.05) is 37.3 Å². The van der Waals surface area contributed by atoms with Gasteiger partial charge in [0.15, 0.2) is 0 Å². The lowest BCUT2D eigenvalue weighted by Gasteiger charge is -2.30. The molecule has 2 aliphatic rings. The van der Waals surface area contributed by atoms with Gasteiger partial charge in [0, 0.05) is 55.5 Å². The molecule has 0 atom stereocenters. The molecule has 0 unspecified atom stereocenters. The van der Waals surface area contributed by atoms with Gasteiger partial charge in [0.05, 0.1) is 11.7 Å². The van der Waals surface area contributed by atoms with Crippen LogP contribution >= 0.6 is 11.9 Å². The van der Waals surface area contributed by atoms with E-state index in [4.69, 9.17) is 14.6 Å². The van der Waals surface area contributed by atoms with E-state index in [1.165, 1.54) is 27.0 Å². The highest BCUT2D eigenvalue weighted by Gasteiger charge is 2.20. The average molecular weight is 466 g/mol. The second kappa shape index (κ2) is 10.9. The number of rotatable bonds is 8. The fraction of sp³-hybridized carbons (Fsp3) is 0.519. The third-order valence-corrected chi connectivity index (χ3v) is 8.04. The molecule has 0 amide bonds. The van der Waals surface area contributed by atoms with Gasteiger partial charge < -0.3 is 13.8 Å². The number of anilines is 1. The van der Waals surface area contributed by atoms with Gasteiger partial charge in [-0.3, -0.25) is 4.68 Å². The molecule has 0 radical (unpaired) electrons. The Kier molecular flexibility index (Phi) is 7.54. The molecular formula is C27H35N3O2S. The maximum Gasteiger partial charge on any atom is 0.0683 e. The number of nitrogens with zero attached hydrogens (tertiary/aromatic N) is 3. The molecule has 2 aliphatic heterocycles. The zero-order valence-corrected chi connectivity index (χ0v) is 20.4. The van der Waals surface area contributed by atoms with Crippen molar-refractivity contribution in [3.05, 3.63) is 54.2 Å². The van der Waals surface area contributed by atoms with Crippen LogP contribution in [0.15, 0.2) is 53.6 Å². The van der Waals surface area contributed by atoms with Gasteiger partial charge in [-0.15, -0.1) is 0 Å². The van der Waals surface area contributed by atoms with Crippen LogP contribution in [0.3, 0.4) is 0 Å². The molecule has 0 N–H and O–H groups in total. The number of ether oxygens (including phenoxy) is 2. The molecule has 5 nitrogen and oxygen atoms in total. The summed E-state index contributed by atoms with van der Waals surface area (Å²) in [7, 11) is 0. The van der Waals surface area contributed by atoms with Crippen molar-refractivity contribution in [3.8, 4) is 0 Å². The monoisotopic (exact) mass is 465 g/mol. The lowest BCUT2D eigenvalue weighted by Crippen LogP contribution is -2.28. The SMILES string of the molecule is CCc1ccc(N(CC2CCOCC2)Sc2ccc3c(cnn3CC3CCOCC3)c2)cc1. The molecule has 0 saturated carbocycles. The molecule has 2 saturated heterocycles. The minimum Gasteiger partial charge on any atom is -0.381 e. The van der Waals surface area contributed by atoms with Crippen LogP contribution in [0.25, 0.3) is 10.9 Å². The minimum absolute atomic E-state index is 0.664. The van der Waals surface area contributed by atoms with Gasteiger partial charge >= 0.3 is 0 Å². The van der Waals surface area contributed by atoms with Gasteiger partial charge in [0.1, 0.15) is 0 Å². The van der Waals surface area contributed by atoms with Crippen LogP contribution in [-0.4, -0.2) is 42.8 Å². The number of benzene rings is 2. The lowest BCUT2D eigenvalue weighted by atomic mass is 10.0. The van der Waals surface area contributed by atoms with Crippen molar-refractivity contribution in [1.82, 2.24) is 9.78 Å². The summed E-state index contributed by atoms with van der Waals surface area (Å²) in [4.78, 5) is 1.26. The number of fused-ring (bicyclic) bond motifs is 1. The zero-order chi connectivity index (χ0) is 22.5. The van der Waals surface area contributed by atoms with Gasteiger partial charge in [-0.2, -0.15) is 5.10 Å². The summed E-state index contributed by atoms with van der Waals surface area (Å²) in [6.45, 7) is 7.77. The molecule has 0 aliphatic carbocycles. The first-order valence-corrected chi connectivity index (χ1v) is 13.2. The van der Waals surface area contributed by atoms with E-state index in [0.29, 0.717) is 11.8 Å². The molecule has 2 aromatic carbocycles. The van der Waals surface area contributed by atoms with E-state index in [1.54, 1.807) is 0 Å². The van der Waals surface area contributed by atoms with E-state index < -0.39 is 0 Å². The lowest BCUT2D eigenvalue weighted by molar-refractivity contribution is 0.0605. The van der Waals surface area contributed by atoms with E-state index in [9.17, 15) is 0 Å². The fourth-order valence-corrected chi connectivity index (χ4v) is 5.90. The second-order valence-corrected chi connectivity index (χ2v) is 10.4. The van der Waals surface area contributed by atoms with E-state index in [0.717, 1.165) is 71.6 Å². The van der Waals surface area contributed by atoms with Crippen LogP contribution < -0.4 is 4.31 Å². The van der Waals surface area contributed by atoms with E-state index in [-0.39, 0.29) is 0 Å². The highest BCUT2D eigenvalue weighted by molar-refractivity contribution is 8.00. The highest BCUT2D eigenvalue weighted by Crippen LogP contribution is 2.33. The largest absolute Gasteiger partial charge is 0.381 e. The number of aryl methyl sites for hydroxylation is 1. The van der Waals surface area contributed by atoms with E-state index >= 15 is 0 Å². The molecular weight excluding hydrogens is 430 g/mol. The Labute approximate surface area is 201 Å². The summed E-state index contributed by atoms with van der Waals surface area (Å²) >= 11 is 1.85. The Morgan fingerprint density at radius 3 is 2.33 bits per heavy atom. The van der Waals surface area contributed by atoms with Crippen LogP contribution in [-0.2, 0) is 22.4 Å². The third kappa shape index (κ3) is 5.73. The van der Waals surface area contributed by atoms with Gasteiger partial charge in [0.2, 0.25) is 0 Å². The Hall–Kier alpha value is -2.02. The topological polar surface area (TPSA) is 39.5 Å². The second-order valence-electron chi connectivity index (χ2n) is 9.33. The van der Waals surface area contributed by atoms with Crippen LogP contribution in [0.2, 0.25) is 0 Å². The van der Waals surface area contributed by atoms with Crippen LogP contribution in [0, 0.1) is 11.8 Å². The van der Waals surface area contributed by atoms with E-state index in [2.05, 4.69) is 58.4 Å². The summed E-state index contributed by atoms with van der Waals surface area (Å²) in [6, 6.07) is 15.9. The van der Waals surface area contributed by atoms with Gasteiger partial charge in [0.25, 0.3) is 0 Å². The van der Waals surface area contributed by atoms with E-state index in [1.807, 2.05) is 18.1 Å². The zero-order valence-electron chi connectivity index (χ0n) is 19.6. The van der Waals surface area contributed by atoms with Crippen molar-refractivity contribution >= 4 is 28.5 Å². The molecule has 176 valence electrons. The van der Waals surface area contributed by atoms with Gasteiger partial charge in [-0.25, -0.2) is 0 Å². The smallest absolute Gasteiger partial charge is 0.0683 e. The third-order valence-electron chi connectivity index (χ3n) is 7.00. The van der Waals surface area contributed by atoms with Crippen LogP contribution in [0.1, 0.15) is 38.2 Å². The predicted octanol–water partition coefficient (Wildman–Crippen LogP) is 5.97. The maximum atomic E-state index is 5.60. The first kappa shape index (κ1) is 22.8. The Morgan fingerprint density at radius 2 is 1.64 bits per heavy atom. The van der Waals surface area contributed by atoms with Crippen molar-refractivity contribution in [2.24, 2.45) is 11.8 Å². The summed E-state index contributed by atoms with van der Waals surface area (Å²) in [5, 5.41) is 5.94. The molecule has 1 aromatic heterocycles. The molecule has 5 rings (SSSR count). The highest BCUT2D eigenvalue weighted by atomic mass is 32.2. The Morgan fingerprint density at radius 1 is 0.939 bits per heavy atom. The summed E-state index contributed by atoms with van der Waals surface area (Å²) in [5.74, 6) is 1.33. The summed E-state index contributed by atoms with van der Waals surface area (Å²) < 4.78 is 15.8. The summed E-state index contributed by atoms with van der Waals surface area (Å²) in [5.41, 5.74) is 3.89. The molecule has 0 bridgehead atoms. The predicted molar refractivity (Wildman–Crippen MR) is 136 cm³/mol. The Balaban J connectivity index is 1.34. The van der Waals surface area contributed by atoms with Crippen LogP contribution in [0.4, 0.5) is 5.69 Å². The quantitative estimate of drug-likeness (QED) is 0.384. The molecule has 0 spiro atoms. The minimum atomic E-state index is 0.664. The van der Waals surface area contributed by atoms with Crippen molar-refractivity contribution < 1.29 is 9.47 Å². The van der Waals surface area contributed by atoms with Crippen molar-refractivity contribution in [1.29, 1.82) is 0 Å². The Bertz CT molecular complexity index is 1020. The number of aromatic nitrogens is 2.